The van der Waals surface area contributed by atoms with Crippen LogP contribution in [0, 0.1) is 10.1 Å². The lowest BCUT2D eigenvalue weighted by molar-refractivity contribution is -0.384. The van der Waals surface area contributed by atoms with Gasteiger partial charge in [0.1, 0.15) is 5.69 Å². The van der Waals surface area contributed by atoms with Crippen molar-refractivity contribution in [2.24, 2.45) is 7.05 Å². The third-order valence-electron chi connectivity index (χ3n) is 3.70. The summed E-state index contributed by atoms with van der Waals surface area (Å²) in [6.45, 7) is 7.72. The van der Waals surface area contributed by atoms with Gasteiger partial charge in [0, 0.05) is 26.1 Å². The molecule has 0 aliphatic carbocycles. The van der Waals surface area contributed by atoms with Gasteiger partial charge in [-0.3, -0.25) is 10.1 Å². The fourth-order valence-electron chi connectivity index (χ4n) is 2.64. The maximum Gasteiger partial charge on any atom is 0.334 e. The van der Waals surface area contributed by atoms with Gasteiger partial charge >= 0.3 is 5.69 Å². The molecule has 1 fully saturated rings. The Bertz CT molecular complexity index is 477. The molecule has 0 amide bonds. The predicted octanol–water partition coefficient (Wildman–Crippen LogP) is 1.96. The van der Waals surface area contributed by atoms with Crippen LogP contribution in [-0.2, 0) is 7.05 Å². The van der Waals surface area contributed by atoms with Crippen LogP contribution in [0.5, 0.6) is 0 Å². The molecule has 2 rings (SSSR count). The molecule has 7 nitrogen and oxygen atoms in total. The maximum atomic E-state index is 11.3. The zero-order valence-corrected chi connectivity index (χ0v) is 12.4. The van der Waals surface area contributed by atoms with Gasteiger partial charge in [-0.1, -0.05) is 13.8 Å². The van der Waals surface area contributed by atoms with Gasteiger partial charge in [-0.05, 0) is 25.9 Å². The molecule has 112 valence electrons. The van der Waals surface area contributed by atoms with Crippen LogP contribution in [-0.4, -0.2) is 45.8 Å². The second-order valence-electron chi connectivity index (χ2n) is 5.59. The van der Waals surface area contributed by atoms with E-state index >= 15 is 0 Å². The van der Waals surface area contributed by atoms with E-state index in [-0.39, 0.29) is 16.5 Å². The Morgan fingerprint density at radius 3 is 2.60 bits per heavy atom. The molecule has 7 heteroatoms. The number of hydrogen-bond donors (Lipinski definition) is 1. The molecule has 0 radical (unpaired) electrons. The molecule has 1 aromatic heterocycles. The molecular formula is C13H23N5O2. The van der Waals surface area contributed by atoms with E-state index in [4.69, 9.17) is 0 Å². The van der Waals surface area contributed by atoms with E-state index in [0.717, 1.165) is 19.6 Å². The molecular weight excluding hydrogens is 258 g/mol. The maximum absolute atomic E-state index is 11.3. The monoisotopic (exact) mass is 281 g/mol. The fraction of sp³-hybridized carbons (Fsp3) is 0.769. The lowest BCUT2D eigenvalue weighted by atomic mass is 10.1. The van der Waals surface area contributed by atoms with Crippen LogP contribution < -0.4 is 5.32 Å². The topological polar surface area (TPSA) is 76.2 Å². The number of anilines is 1. The Balaban J connectivity index is 2.07. The van der Waals surface area contributed by atoms with Crippen LogP contribution >= 0.6 is 0 Å². The Morgan fingerprint density at radius 1 is 1.40 bits per heavy atom. The second-order valence-corrected chi connectivity index (χ2v) is 5.59. The number of aromatic nitrogens is 2. The minimum Gasteiger partial charge on any atom is -0.363 e. The molecule has 1 aliphatic rings. The number of nitro groups is 1. The molecule has 0 spiro atoms. The van der Waals surface area contributed by atoms with Crippen molar-refractivity contribution in [2.75, 3.05) is 31.5 Å². The first-order chi connectivity index (χ1) is 9.50. The molecule has 1 saturated heterocycles. The van der Waals surface area contributed by atoms with E-state index in [1.54, 1.807) is 11.7 Å². The molecule has 1 aromatic rings. The van der Waals surface area contributed by atoms with E-state index in [1.165, 1.54) is 12.8 Å². The van der Waals surface area contributed by atoms with Crippen LogP contribution in [0.25, 0.3) is 0 Å². The Hall–Kier alpha value is -1.63. The van der Waals surface area contributed by atoms with Crippen molar-refractivity contribution in [1.82, 2.24) is 14.7 Å². The summed E-state index contributed by atoms with van der Waals surface area (Å²) < 4.78 is 1.58. The second kappa shape index (κ2) is 6.21. The first-order valence-electron chi connectivity index (χ1n) is 7.18. The highest BCUT2D eigenvalue weighted by Gasteiger charge is 2.28. The van der Waals surface area contributed by atoms with Crippen molar-refractivity contribution >= 4 is 11.5 Å². The number of likely N-dealkylation sites (tertiary alicyclic amines) is 1. The number of nitrogens with zero attached hydrogens (tertiary/aromatic N) is 4. The summed E-state index contributed by atoms with van der Waals surface area (Å²) in [6, 6.07) is 0. The number of nitrogens with one attached hydrogen (secondary N) is 1. The molecule has 2 heterocycles. The first-order valence-corrected chi connectivity index (χ1v) is 7.18. The van der Waals surface area contributed by atoms with E-state index in [1.807, 2.05) is 13.8 Å². The zero-order valence-electron chi connectivity index (χ0n) is 12.4. The number of aryl methyl sites for hydroxylation is 1. The minimum absolute atomic E-state index is 0.0377. The number of hydrogen-bond acceptors (Lipinski definition) is 5. The Morgan fingerprint density at radius 2 is 2.05 bits per heavy atom. The summed E-state index contributed by atoms with van der Waals surface area (Å²) in [6.07, 6.45) is 2.51. The third kappa shape index (κ3) is 3.09. The number of rotatable bonds is 6. The smallest absolute Gasteiger partial charge is 0.334 e. The normalized spacial score (nSPS) is 16.0. The SMILES string of the molecule is CC(C)c1nn(C)c(NCCN2CCCC2)c1[N+](=O)[O-]. The van der Waals surface area contributed by atoms with Crippen molar-refractivity contribution in [2.45, 2.75) is 32.6 Å². The van der Waals surface area contributed by atoms with Gasteiger partial charge in [-0.2, -0.15) is 5.10 Å². The van der Waals surface area contributed by atoms with Crippen LogP contribution in [0.1, 0.15) is 38.3 Å². The Labute approximate surface area is 119 Å². The standard InChI is InChI=1S/C13H23N5O2/c1-10(2)11-12(18(19)20)13(16(3)15-11)14-6-9-17-7-4-5-8-17/h10,14H,4-9H2,1-3H3. The lowest BCUT2D eigenvalue weighted by Crippen LogP contribution is -2.26. The average Bonchev–Trinajstić information content (AvgIpc) is 2.98. The summed E-state index contributed by atoms with van der Waals surface area (Å²) in [5, 5.41) is 18.7. The Kier molecular flexibility index (Phi) is 4.59. The van der Waals surface area contributed by atoms with Crippen LogP contribution in [0.15, 0.2) is 0 Å². The molecule has 0 aromatic carbocycles. The fourth-order valence-corrected chi connectivity index (χ4v) is 2.64. The highest BCUT2D eigenvalue weighted by Crippen LogP contribution is 2.32. The van der Waals surface area contributed by atoms with E-state index in [0.29, 0.717) is 18.1 Å². The summed E-state index contributed by atoms with van der Waals surface area (Å²) in [5.74, 6) is 0.550. The first kappa shape index (κ1) is 14.8. The predicted molar refractivity (Wildman–Crippen MR) is 78.1 cm³/mol. The van der Waals surface area contributed by atoms with E-state index < -0.39 is 0 Å². The summed E-state index contributed by atoms with van der Waals surface area (Å²) in [7, 11) is 1.75. The average molecular weight is 281 g/mol. The largest absolute Gasteiger partial charge is 0.363 e. The summed E-state index contributed by atoms with van der Waals surface area (Å²) in [5.41, 5.74) is 0.657. The van der Waals surface area contributed by atoms with Crippen LogP contribution in [0.3, 0.4) is 0 Å². The molecule has 1 aliphatic heterocycles. The van der Waals surface area contributed by atoms with Crippen molar-refractivity contribution in [3.63, 3.8) is 0 Å². The van der Waals surface area contributed by atoms with Crippen molar-refractivity contribution in [3.05, 3.63) is 15.8 Å². The molecule has 0 saturated carbocycles. The zero-order chi connectivity index (χ0) is 14.7. The van der Waals surface area contributed by atoms with Crippen LogP contribution in [0.4, 0.5) is 11.5 Å². The van der Waals surface area contributed by atoms with Gasteiger partial charge in [0.05, 0.1) is 4.92 Å². The molecule has 0 atom stereocenters. The van der Waals surface area contributed by atoms with Crippen molar-refractivity contribution < 1.29 is 4.92 Å². The lowest BCUT2D eigenvalue weighted by Gasteiger charge is -2.15. The van der Waals surface area contributed by atoms with Gasteiger partial charge in [0.2, 0.25) is 5.82 Å². The van der Waals surface area contributed by atoms with Crippen LogP contribution in [0.2, 0.25) is 0 Å². The molecule has 0 bridgehead atoms. The highest BCUT2D eigenvalue weighted by molar-refractivity contribution is 5.60. The molecule has 1 N–H and O–H groups in total. The molecule has 20 heavy (non-hydrogen) atoms. The third-order valence-corrected chi connectivity index (χ3v) is 3.70. The van der Waals surface area contributed by atoms with Crippen molar-refractivity contribution in [3.8, 4) is 0 Å². The van der Waals surface area contributed by atoms with Gasteiger partial charge in [-0.25, -0.2) is 4.68 Å². The van der Waals surface area contributed by atoms with E-state index in [9.17, 15) is 10.1 Å². The quantitative estimate of drug-likeness (QED) is 0.637. The van der Waals surface area contributed by atoms with E-state index in [2.05, 4.69) is 15.3 Å². The summed E-state index contributed by atoms with van der Waals surface area (Å²) >= 11 is 0. The van der Waals surface area contributed by atoms with Crippen molar-refractivity contribution in [1.29, 1.82) is 0 Å². The van der Waals surface area contributed by atoms with Gasteiger partial charge < -0.3 is 10.2 Å². The minimum atomic E-state index is -0.333. The van der Waals surface area contributed by atoms with Gasteiger partial charge in [0.15, 0.2) is 0 Å². The van der Waals surface area contributed by atoms with Gasteiger partial charge in [-0.15, -0.1) is 0 Å². The molecule has 0 unspecified atom stereocenters. The van der Waals surface area contributed by atoms with Gasteiger partial charge in [0.25, 0.3) is 0 Å². The summed E-state index contributed by atoms with van der Waals surface area (Å²) in [4.78, 5) is 13.3. The highest BCUT2D eigenvalue weighted by atomic mass is 16.6.